The molecule has 0 atom stereocenters. The molecular formula is C16H17FN2O2. The fourth-order valence-corrected chi connectivity index (χ4v) is 1.74. The van der Waals surface area contributed by atoms with Crippen LogP contribution in [0.25, 0.3) is 11.5 Å². The molecule has 0 unspecified atom stereocenters. The first kappa shape index (κ1) is 15.0. The molecule has 1 aromatic heterocycles. The molecule has 0 fully saturated rings. The number of allylic oxidation sites excluding steroid dienone is 1. The summed E-state index contributed by atoms with van der Waals surface area (Å²) in [6.07, 6.45) is 2.03. The molecule has 0 aliphatic heterocycles. The van der Waals surface area contributed by atoms with Gasteiger partial charge in [0.25, 0.3) is 5.91 Å². The van der Waals surface area contributed by atoms with E-state index in [9.17, 15) is 9.18 Å². The third-order valence-electron chi connectivity index (χ3n) is 2.88. The average Bonchev–Trinajstić information content (AvgIpc) is 2.96. The second kappa shape index (κ2) is 6.83. The van der Waals surface area contributed by atoms with Crippen LogP contribution >= 0.6 is 0 Å². The normalized spacial score (nSPS) is 10.2. The largest absolute Gasteiger partial charge is 0.444 e. The van der Waals surface area contributed by atoms with Crippen LogP contribution in [-0.4, -0.2) is 17.4 Å². The SMILES string of the molecule is CC(C)=C(F)C(=O)NCCc1coc(-c2ccccc2)n1. The molecule has 5 heteroatoms. The molecule has 21 heavy (non-hydrogen) atoms. The molecule has 0 bridgehead atoms. The molecule has 1 amide bonds. The van der Waals surface area contributed by atoms with Gasteiger partial charge in [-0.1, -0.05) is 18.2 Å². The molecule has 0 saturated heterocycles. The summed E-state index contributed by atoms with van der Waals surface area (Å²) < 4.78 is 18.7. The van der Waals surface area contributed by atoms with E-state index in [1.54, 1.807) is 20.1 Å². The van der Waals surface area contributed by atoms with Crippen molar-refractivity contribution < 1.29 is 13.6 Å². The van der Waals surface area contributed by atoms with Gasteiger partial charge in [0, 0.05) is 18.5 Å². The molecule has 110 valence electrons. The summed E-state index contributed by atoms with van der Waals surface area (Å²) in [6, 6.07) is 9.53. The smallest absolute Gasteiger partial charge is 0.279 e. The molecule has 2 aromatic rings. The molecule has 0 radical (unpaired) electrons. The number of carbonyl (C=O) groups is 1. The molecular weight excluding hydrogens is 271 g/mol. The molecule has 0 aliphatic rings. The summed E-state index contributed by atoms with van der Waals surface area (Å²) in [5.74, 6) is -0.894. The first-order valence-corrected chi connectivity index (χ1v) is 6.69. The van der Waals surface area contributed by atoms with E-state index in [4.69, 9.17) is 4.42 Å². The molecule has 4 nitrogen and oxygen atoms in total. The topological polar surface area (TPSA) is 55.1 Å². The van der Waals surface area contributed by atoms with Gasteiger partial charge in [-0.25, -0.2) is 9.37 Å². The van der Waals surface area contributed by atoms with Gasteiger partial charge in [0.2, 0.25) is 5.89 Å². The van der Waals surface area contributed by atoms with E-state index < -0.39 is 11.7 Å². The monoisotopic (exact) mass is 288 g/mol. The minimum Gasteiger partial charge on any atom is -0.444 e. The van der Waals surface area contributed by atoms with Gasteiger partial charge in [-0.2, -0.15) is 0 Å². The number of aromatic nitrogens is 1. The zero-order chi connectivity index (χ0) is 15.2. The quantitative estimate of drug-likeness (QED) is 0.859. The van der Waals surface area contributed by atoms with Crippen LogP contribution in [0, 0.1) is 0 Å². The summed E-state index contributed by atoms with van der Waals surface area (Å²) in [6.45, 7) is 3.41. The van der Waals surface area contributed by atoms with E-state index in [1.807, 2.05) is 30.3 Å². The van der Waals surface area contributed by atoms with E-state index in [0.29, 0.717) is 30.1 Å². The number of benzene rings is 1. The van der Waals surface area contributed by atoms with Crippen molar-refractivity contribution in [2.45, 2.75) is 20.3 Å². The van der Waals surface area contributed by atoms with Crippen molar-refractivity contribution in [2.75, 3.05) is 6.54 Å². The second-order valence-electron chi connectivity index (χ2n) is 4.83. The standard InChI is InChI=1S/C16H17FN2O2/c1-11(2)14(17)15(20)18-9-8-13-10-21-16(19-13)12-6-4-3-5-7-12/h3-7,10H,8-9H2,1-2H3,(H,18,20). The molecule has 0 spiro atoms. The van der Waals surface area contributed by atoms with E-state index in [-0.39, 0.29) is 0 Å². The van der Waals surface area contributed by atoms with Crippen LogP contribution < -0.4 is 5.32 Å². The zero-order valence-corrected chi connectivity index (χ0v) is 12.0. The van der Waals surface area contributed by atoms with Gasteiger partial charge in [0.1, 0.15) is 6.26 Å². The van der Waals surface area contributed by atoms with Gasteiger partial charge >= 0.3 is 0 Å². The molecule has 1 N–H and O–H groups in total. The Balaban J connectivity index is 1.90. The summed E-state index contributed by atoms with van der Waals surface area (Å²) in [4.78, 5) is 15.7. The summed E-state index contributed by atoms with van der Waals surface area (Å²) in [5.41, 5.74) is 1.97. The first-order valence-electron chi connectivity index (χ1n) is 6.69. The molecule has 2 rings (SSSR count). The van der Waals surface area contributed by atoms with Gasteiger partial charge in [0.15, 0.2) is 5.83 Å². The highest BCUT2D eigenvalue weighted by atomic mass is 19.1. The van der Waals surface area contributed by atoms with Crippen molar-refractivity contribution >= 4 is 5.91 Å². The Morgan fingerprint density at radius 1 is 1.29 bits per heavy atom. The van der Waals surface area contributed by atoms with E-state index in [1.165, 1.54) is 0 Å². The number of nitrogens with zero attached hydrogens (tertiary/aromatic N) is 1. The molecule has 1 aromatic carbocycles. The first-order chi connectivity index (χ1) is 10.1. The summed E-state index contributed by atoms with van der Waals surface area (Å²) in [7, 11) is 0. The van der Waals surface area contributed by atoms with Crippen molar-refractivity contribution in [3.8, 4) is 11.5 Å². The van der Waals surface area contributed by atoms with Crippen LogP contribution in [0.4, 0.5) is 4.39 Å². The van der Waals surface area contributed by atoms with Gasteiger partial charge in [-0.3, -0.25) is 4.79 Å². The maximum absolute atomic E-state index is 13.3. The van der Waals surface area contributed by atoms with Gasteiger partial charge in [-0.05, 0) is 31.6 Å². The lowest BCUT2D eigenvalue weighted by Gasteiger charge is -2.02. The van der Waals surface area contributed by atoms with Crippen molar-refractivity contribution in [1.29, 1.82) is 0 Å². The maximum Gasteiger partial charge on any atom is 0.279 e. The van der Waals surface area contributed by atoms with Gasteiger partial charge in [-0.15, -0.1) is 0 Å². The number of hydrogen-bond acceptors (Lipinski definition) is 3. The van der Waals surface area contributed by atoms with Crippen molar-refractivity contribution in [2.24, 2.45) is 0 Å². The predicted octanol–water partition coefficient (Wildman–Crippen LogP) is 3.26. The number of nitrogens with one attached hydrogen (secondary N) is 1. The van der Waals surface area contributed by atoms with Gasteiger partial charge < -0.3 is 9.73 Å². The Kier molecular flexibility index (Phi) is 4.87. The van der Waals surface area contributed by atoms with Crippen molar-refractivity contribution in [1.82, 2.24) is 10.3 Å². The Morgan fingerprint density at radius 3 is 2.67 bits per heavy atom. The average molecular weight is 288 g/mol. The predicted molar refractivity (Wildman–Crippen MR) is 78.1 cm³/mol. The lowest BCUT2D eigenvalue weighted by molar-refractivity contribution is -0.118. The third kappa shape index (κ3) is 4.02. The molecule has 0 aliphatic carbocycles. The number of oxazole rings is 1. The van der Waals surface area contributed by atoms with Gasteiger partial charge in [0.05, 0.1) is 5.69 Å². The number of halogens is 1. The summed E-state index contributed by atoms with van der Waals surface area (Å²) >= 11 is 0. The highest BCUT2D eigenvalue weighted by molar-refractivity contribution is 5.91. The zero-order valence-electron chi connectivity index (χ0n) is 12.0. The van der Waals surface area contributed by atoms with Crippen LogP contribution in [0.1, 0.15) is 19.5 Å². The number of rotatable bonds is 5. The number of carbonyl (C=O) groups excluding carboxylic acids is 1. The van der Waals surface area contributed by atoms with Crippen LogP contribution in [0.2, 0.25) is 0 Å². The molecule has 1 heterocycles. The van der Waals surface area contributed by atoms with E-state index in [0.717, 1.165) is 5.56 Å². The van der Waals surface area contributed by atoms with Crippen LogP contribution in [-0.2, 0) is 11.2 Å². The second-order valence-corrected chi connectivity index (χ2v) is 4.83. The Morgan fingerprint density at radius 2 is 2.00 bits per heavy atom. The fourth-order valence-electron chi connectivity index (χ4n) is 1.74. The fraction of sp³-hybridized carbons (Fsp3) is 0.250. The molecule has 0 saturated carbocycles. The van der Waals surface area contributed by atoms with Crippen LogP contribution in [0.5, 0.6) is 0 Å². The van der Waals surface area contributed by atoms with Crippen molar-refractivity contribution in [3.63, 3.8) is 0 Å². The minimum atomic E-state index is -0.736. The van der Waals surface area contributed by atoms with Crippen LogP contribution in [0.15, 0.2) is 52.4 Å². The van der Waals surface area contributed by atoms with Crippen LogP contribution in [0.3, 0.4) is 0 Å². The summed E-state index contributed by atoms with van der Waals surface area (Å²) in [5, 5.41) is 2.51. The van der Waals surface area contributed by atoms with E-state index in [2.05, 4.69) is 10.3 Å². The third-order valence-corrected chi connectivity index (χ3v) is 2.88. The Hall–Kier alpha value is -2.43. The lowest BCUT2D eigenvalue weighted by atomic mass is 10.2. The number of amides is 1. The Bertz CT molecular complexity index is 643. The van der Waals surface area contributed by atoms with Crippen molar-refractivity contribution in [3.05, 3.63) is 53.7 Å². The minimum absolute atomic E-state index is 0.306. The lowest BCUT2D eigenvalue weighted by Crippen LogP contribution is -2.26. The number of hydrogen-bond donors (Lipinski definition) is 1. The van der Waals surface area contributed by atoms with E-state index >= 15 is 0 Å². The maximum atomic E-state index is 13.3. The Labute approximate surface area is 122 Å². The highest BCUT2D eigenvalue weighted by Gasteiger charge is 2.10. The highest BCUT2D eigenvalue weighted by Crippen LogP contribution is 2.17.